The molecule has 0 aliphatic carbocycles. The Morgan fingerprint density at radius 3 is 2.65 bits per heavy atom. The van der Waals surface area contributed by atoms with Gasteiger partial charge in [-0.3, -0.25) is 9.59 Å². The fraction of sp³-hybridized carbons (Fsp3) is 0.231. The van der Waals surface area contributed by atoms with E-state index in [2.05, 4.69) is 0 Å². The minimum Gasteiger partial charge on any atom is -0.481 e. The number of carbonyl (C=O) groups excluding carboxylic acids is 1. The molecule has 0 radical (unpaired) electrons. The number of carboxylic acids is 1. The van der Waals surface area contributed by atoms with Gasteiger partial charge in [0.15, 0.2) is 5.76 Å². The molecule has 1 unspecified atom stereocenters. The lowest BCUT2D eigenvalue weighted by Crippen LogP contribution is -2.22. The molecular weight excluding hydrogens is 220 g/mol. The molecule has 2 rings (SSSR count). The summed E-state index contributed by atoms with van der Waals surface area (Å²) in [6.45, 7) is 1.67. The number of ketones is 1. The number of aliphatic carboxylic acids is 1. The largest absolute Gasteiger partial charge is 0.481 e. The lowest BCUT2D eigenvalue weighted by atomic mass is 9.99. The molecule has 88 valence electrons. The third-order valence-electron chi connectivity index (χ3n) is 2.69. The number of carboxylic acid groups (broad SMARTS) is 1. The Morgan fingerprint density at radius 2 is 2.06 bits per heavy atom. The molecule has 0 aliphatic rings. The zero-order valence-corrected chi connectivity index (χ0v) is 9.34. The molecule has 0 saturated heterocycles. The lowest BCUT2D eigenvalue weighted by molar-refractivity contribution is -0.140. The van der Waals surface area contributed by atoms with Gasteiger partial charge in [0.1, 0.15) is 11.5 Å². The molecule has 4 nitrogen and oxygen atoms in total. The van der Waals surface area contributed by atoms with Crippen LogP contribution in [0, 0.1) is 5.92 Å². The van der Waals surface area contributed by atoms with Crippen LogP contribution in [0.1, 0.15) is 23.9 Å². The number of benzene rings is 1. The summed E-state index contributed by atoms with van der Waals surface area (Å²) in [5.41, 5.74) is 0.594. The van der Waals surface area contributed by atoms with Gasteiger partial charge in [0.25, 0.3) is 0 Å². The van der Waals surface area contributed by atoms with Crippen molar-refractivity contribution in [3.8, 4) is 0 Å². The van der Waals surface area contributed by atoms with Gasteiger partial charge in [-0.25, -0.2) is 0 Å². The maximum Gasteiger partial charge on any atom is 0.314 e. The highest BCUT2D eigenvalue weighted by atomic mass is 16.4. The number of furan rings is 1. The second-order valence-corrected chi connectivity index (χ2v) is 3.81. The van der Waals surface area contributed by atoms with Crippen molar-refractivity contribution in [3.63, 3.8) is 0 Å². The molecule has 2 aromatic rings. The van der Waals surface area contributed by atoms with Crippen LogP contribution in [0.25, 0.3) is 11.0 Å². The minimum absolute atomic E-state index is 0.112. The molecule has 1 heterocycles. The number of carbonyl (C=O) groups is 2. The normalized spacial score (nSPS) is 12.5. The molecule has 0 amide bonds. The van der Waals surface area contributed by atoms with Crippen molar-refractivity contribution in [3.05, 3.63) is 36.1 Å². The first-order valence-electron chi connectivity index (χ1n) is 5.39. The number of rotatable bonds is 4. The van der Waals surface area contributed by atoms with Crippen molar-refractivity contribution in [2.24, 2.45) is 5.92 Å². The molecule has 1 atom stereocenters. The van der Waals surface area contributed by atoms with Crippen molar-refractivity contribution < 1.29 is 19.1 Å². The molecule has 0 bridgehead atoms. The summed E-state index contributed by atoms with van der Waals surface area (Å²) in [7, 11) is 0. The molecule has 17 heavy (non-hydrogen) atoms. The van der Waals surface area contributed by atoms with Crippen LogP contribution >= 0.6 is 0 Å². The van der Waals surface area contributed by atoms with Crippen molar-refractivity contribution in [2.45, 2.75) is 13.3 Å². The molecule has 1 aromatic heterocycles. The van der Waals surface area contributed by atoms with E-state index < -0.39 is 17.7 Å². The molecule has 4 heteroatoms. The predicted octanol–water partition coefficient (Wildman–Crippen LogP) is 2.73. The van der Waals surface area contributed by atoms with E-state index in [9.17, 15) is 9.59 Å². The molecule has 1 N–H and O–H groups in total. The summed E-state index contributed by atoms with van der Waals surface area (Å²) < 4.78 is 5.35. The fourth-order valence-corrected chi connectivity index (χ4v) is 1.75. The van der Waals surface area contributed by atoms with Crippen molar-refractivity contribution >= 4 is 22.7 Å². The van der Waals surface area contributed by atoms with Crippen molar-refractivity contribution in [1.29, 1.82) is 0 Å². The first-order valence-corrected chi connectivity index (χ1v) is 5.39. The first-order chi connectivity index (χ1) is 8.13. The molecule has 0 spiro atoms. The third-order valence-corrected chi connectivity index (χ3v) is 2.69. The summed E-state index contributed by atoms with van der Waals surface area (Å²) in [4.78, 5) is 22.8. The van der Waals surface area contributed by atoms with E-state index in [1.165, 1.54) is 0 Å². The van der Waals surface area contributed by atoms with Crippen LogP contribution in [0.15, 0.2) is 34.7 Å². The van der Waals surface area contributed by atoms with Gasteiger partial charge in [-0.1, -0.05) is 25.1 Å². The Labute approximate surface area is 97.8 Å². The molecular formula is C13H12O4. The van der Waals surface area contributed by atoms with Gasteiger partial charge >= 0.3 is 5.97 Å². The van der Waals surface area contributed by atoms with Gasteiger partial charge in [0, 0.05) is 5.39 Å². The average Bonchev–Trinajstić information content (AvgIpc) is 2.72. The number of para-hydroxylation sites is 1. The Hall–Kier alpha value is -2.10. The van der Waals surface area contributed by atoms with Crippen LogP contribution < -0.4 is 0 Å². The zero-order valence-electron chi connectivity index (χ0n) is 9.34. The fourth-order valence-electron chi connectivity index (χ4n) is 1.75. The van der Waals surface area contributed by atoms with Gasteiger partial charge in [0.05, 0.1) is 0 Å². The van der Waals surface area contributed by atoms with E-state index >= 15 is 0 Å². The quantitative estimate of drug-likeness (QED) is 0.650. The van der Waals surface area contributed by atoms with Crippen molar-refractivity contribution in [2.75, 3.05) is 0 Å². The summed E-state index contributed by atoms with van der Waals surface area (Å²) in [6.07, 6.45) is 0.255. The smallest absolute Gasteiger partial charge is 0.314 e. The minimum atomic E-state index is -1.11. The third kappa shape index (κ3) is 2.06. The molecule has 0 aliphatic heterocycles. The van der Waals surface area contributed by atoms with Gasteiger partial charge < -0.3 is 9.52 Å². The maximum atomic E-state index is 11.9. The molecule has 1 aromatic carbocycles. The number of Topliss-reactive ketones (excluding diaryl/α,β-unsaturated/α-hetero) is 1. The average molecular weight is 232 g/mol. The van der Waals surface area contributed by atoms with E-state index in [1.807, 2.05) is 12.1 Å². The van der Waals surface area contributed by atoms with E-state index in [1.54, 1.807) is 25.1 Å². The van der Waals surface area contributed by atoms with E-state index in [4.69, 9.17) is 9.52 Å². The van der Waals surface area contributed by atoms with Gasteiger partial charge in [-0.2, -0.15) is 0 Å². The van der Waals surface area contributed by atoms with Crippen LogP contribution in [-0.2, 0) is 4.79 Å². The monoisotopic (exact) mass is 232 g/mol. The summed E-state index contributed by atoms with van der Waals surface area (Å²) in [5.74, 6) is -2.51. The van der Waals surface area contributed by atoms with Crippen LogP contribution in [0.4, 0.5) is 0 Å². The summed E-state index contributed by atoms with van der Waals surface area (Å²) in [5, 5.41) is 9.72. The van der Waals surface area contributed by atoms with Gasteiger partial charge in [0.2, 0.25) is 5.78 Å². The maximum absolute atomic E-state index is 11.9. The molecule has 0 fully saturated rings. The summed E-state index contributed by atoms with van der Waals surface area (Å²) in [6, 6.07) is 8.78. The van der Waals surface area contributed by atoms with E-state index in [-0.39, 0.29) is 12.2 Å². The van der Waals surface area contributed by atoms with Crippen LogP contribution in [0.2, 0.25) is 0 Å². The number of hydrogen-bond acceptors (Lipinski definition) is 3. The summed E-state index contributed by atoms with van der Waals surface area (Å²) >= 11 is 0. The Morgan fingerprint density at radius 1 is 1.35 bits per heavy atom. The highest BCUT2D eigenvalue weighted by Crippen LogP contribution is 2.22. The zero-order chi connectivity index (χ0) is 12.4. The van der Waals surface area contributed by atoms with E-state index in [0.29, 0.717) is 5.58 Å². The van der Waals surface area contributed by atoms with Gasteiger partial charge in [-0.15, -0.1) is 0 Å². The predicted molar refractivity (Wildman–Crippen MR) is 62.0 cm³/mol. The molecule has 0 saturated carbocycles. The first kappa shape index (κ1) is 11.4. The van der Waals surface area contributed by atoms with Crippen LogP contribution in [0.5, 0.6) is 0 Å². The second-order valence-electron chi connectivity index (χ2n) is 3.81. The SMILES string of the molecule is CCC(C(=O)O)C(=O)c1cc2ccccc2o1. The second kappa shape index (κ2) is 4.41. The topological polar surface area (TPSA) is 67.5 Å². The Balaban J connectivity index is 2.39. The van der Waals surface area contributed by atoms with Crippen LogP contribution in [0.3, 0.4) is 0 Å². The van der Waals surface area contributed by atoms with Crippen LogP contribution in [-0.4, -0.2) is 16.9 Å². The number of fused-ring (bicyclic) bond motifs is 1. The van der Waals surface area contributed by atoms with Crippen molar-refractivity contribution in [1.82, 2.24) is 0 Å². The Bertz CT molecular complexity index is 535. The lowest BCUT2D eigenvalue weighted by Gasteiger charge is -2.05. The van der Waals surface area contributed by atoms with Gasteiger partial charge in [-0.05, 0) is 18.6 Å². The van der Waals surface area contributed by atoms with E-state index in [0.717, 1.165) is 5.39 Å². The standard InChI is InChI=1S/C13H12O4/c1-2-9(13(15)16)12(14)11-7-8-5-3-4-6-10(8)17-11/h3-7,9H,2H2,1H3,(H,15,16). The highest BCUT2D eigenvalue weighted by Gasteiger charge is 2.27. The highest BCUT2D eigenvalue weighted by molar-refractivity contribution is 6.08. The Kier molecular flexibility index (Phi) is 2.95. The number of hydrogen-bond donors (Lipinski definition) is 1.